The van der Waals surface area contributed by atoms with Gasteiger partial charge in [-0.3, -0.25) is 9.59 Å². The van der Waals surface area contributed by atoms with Gasteiger partial charge in [-0.2, -0.15) is 0 Å². The largest absolute Gasteiger partial charge is 0.481 e. The molecule has 0 aliphatic heterocycles. The summed E-state index contributed by atoms with van der Waals surface area (Å²) in [4.78, 5) is 31.2. The van der Waals surface area contributed by atoms with Crippen molar-refractivity contribution in [3.63, 3.8) is 0 Å². The molecule has 5 rings (SSSR count). The van der Waals surface area contributed by atoms with Gasteiger partial charge in [-0.15, -0.1) is 11.3 Å². The highest BCUT2D eigenvalue weighted by Gasteiger charge is 2.18. The lowest BCUT2D eigenvalue weighted by Crippen LogP contribution is -2.02. The van der Waals surface area contributed by atoms with Crippen LogP contribution in [0.1, 0.15) is 21.5 Å². The number of nitrogen functional groups attached to an aromatic ring is 1. The number of aromatic nitrogens is 3. The Morgan fingerprint density at radius 2 is 1.94 bits per heavy atom. The second-order valence-corrected chi connectivity index (χ2v) is 9.44. The van der Waals surface area contributed by atoms with E-state index in [1.807, 2.05) is 41.1 Å². The van der Waals surface area contributed by atoms with Crippen LogP contribution in [0.5, 0.6) is 0 Å². The van der Waals surface area contributed by atoms with E-state index in [9.17, 15) is 14.7 Å². The molecule has 0 aliphatic carbocycles. The molecule has 7 nitrogen and oxygen atoms in total. The Hall–Kier alpha value is -3.46. The van der Waals surface area contributed by atoms with Crippen LogP contribution in [0.3, 0.4) is 0 Å². The molecule has 0 radical (unpaired) electrons. The molecule has 0 unspecified atom stereocenters. The van der Waals surface area contributed by atoms with E-state index < -0.39 is 5.97 Å². The highest BCUT2D eigenvalue weighted by molar-refractivity contribution is 7.17. The number of benzene rings is 2. The second kappa shape index (κ2) is 8.72. The molecule has 10 heteroatoms. The molecule has 3 heterocycles. The van der Waals surface area contributed by atoms with Crippen LogP contribution in [-0.2, 0) is 17.8 Å². The highest BCUT2D eigenvalue weighted by Crippen LogP contribution is 2.33. The summed E-state index contributed by atoms with van der Waals surface area (Å²) >= 11 is 14.0. The zero-order valence-electron chi connectivity index (χ0n) is 17.5. The zero-order chi connectivity index (χ0) is 24.0. The number of fused-ring (bicyclic) bond motifs is 2. The van der Waals surface area contributed by atoms with E-state index in [2.05, 4.69) is 15.3 Å². The van der Waals surface area contributed by atoms with Gasteiger partial charge < -0.3 is 15.4 Å². The van der Waals surface area contributed by atoms with Gasteiger partial charge in [-0.05, 0) is 46.2 Å². The van der Waals surface area contributed by atoms with Crippen molar-refractivity contribution in [2.75, 3.05) is 5.73 Å². The lowest BCUT2D eigenvalue weighted by molar-refractivity contribution is -0.136. The van der Waals surface area contributed by atoms with Gasteiger partial charge in [0.1, 0.15) is 5.15 Å². The van der Waals surface area contributed by atoms with E-state index in [1.54, 1.807) is 17.4 Å². The lowest BCUT2D eigenvalue weighted by atomic mass is 10.0. The Labute approximate surface area is 207 Å². The third-order valence-electron chi connectivity index (χ3n) is 5.57. The average Bonchev–Trinajstić information content (AvgIpc) is 3.34. The Morgan fingerprint density at radius 1 is 1.12 bits per heavy atom. The molecule has 0 spiro atoms. The minimum Gasteiger partial charge on any atom is -0.481 e. The predicted octanol–water partition coefficient (Wildman–Crippen LogP) is 5.69. The number of thiophene rings is 1. The molecule has 0 aliphatic rings. The van der Waals surface area contributed by atoms with Gasteiger partial charge >= 0.3 is 5.97 Å². The van der Waals surface area contributed by atoms with Gasteiger partial charge in [0, 0.05) is 38.9 Å². The number of anilines is 1. The van der Waals surface area contributed by atoms with Crippen molar-refractivity contribution in [2.24, 2.45) is 0 Å². The van der Waals surface area contributed by atoms with E-state index in [0.717, 1.165) is 26.6 Å². The molecule has 3 N–H and O–H groups in total. The Balaban J connectivity index is 1.69. The number of halogens is 2. The van der Waals surface area contributed by atoms with Crippen molar-refractivity contribution in [1.29, 1.82) is 0 Å². The van der Waals surface area contributed by atoms with Crippen LogP contribution in [0, 0.1) is 0 Å². The molecule has 0 fully saturated rings. The number of hydrogen-bond donors (Lipinski definition) is 2. The maximum absolute atomic E-state index is 11.7. The Kier molecular flexibility index (Phi) is 5.73. The molecule has 0 saturated carbocycles. The van der Waals surface area contributed by atoms with E-state index in [4.69, 9.17) is 28.9 Å². The fourth-order valence-electron chi connectivity index (χ4n) is 4.09. The summed E-state index contributed by atoms with van der Waals surface area (Å²) in [7, 11) is 0. The van der Waals surface area contributed by atoms with E-state index in [1.165, 1.54) is 0 Å². The SMILES string of the molecule is Nc1nc(Cl)c(C=O)c(-c2ccc3c(CC(=O)O)cn(Cc4csc5ccc(Cl)cc45)c3c2)n1. The molecule has 170 valence electrons. The number of aliphatic carboxylic acids is 1. The molecular weight excluding hydrogens is 495 g/mol. The number of rotatable bonds is 6. The topological polar surface area (TPSA) is 111 Å². The van der Waals surface area contributed by atoms with Crippen molar-refractivity contribution in [3.05, 3.63) is 74.8 Å². The molecule has 0 bridgehead atoms. The van der Waals surface area contributed by atoms with Gasteiger partial charge in [0.2, 0.25) is 5.95 Å². The first-order valence-electron chi connectivity index (χ1n) is 10.1. The van der Waals surface area contributed by atoms with Gasteiger partial charge in [0.25, 0.3) is 0 Å². The van der Waals surface area contributed by atoms with Crippen molar-refractivity contribution in [2.45, 2.75) is 13.0 Å². The minimum absolute atomic E-state index is 0.0267. The normalized spacial score (nSPS) is 11.4. The number of carbonyl (C=O) groups excluding carboxylic acids is 1. The van der Waals surface area contributed by atoms with Gasteiger partial charge in [0.15, 0.2) is 6.29 Å². The first-order valence-corrected chi connectivity index (χ1v) is 11.8. The standard InChI is InChI=1S/C24H16Cl2N4O3S/c25-15-2-4-20-17(7-15)14(11-34-20)9-30-8-13(6-21(32)33)16-3-1-12(5-19(16)30)22-18(10-31)23(26)29-24(27)28-22/h1-5,7-8,10-11H,6,9H2,(H,32,33)(H2,27,28,29). The summed E-state index contributed by atoms with van der Waals surface area (Å²) in [6, 6.07) is 11.2. The monoisotopic (exact) mass is 510 g/mol. The second-order valence-electron chi connectivity index (χ2n) is 7.74. The summed E-state index contributed by atoms with van der Waals surface area (Å²) in [6.07, 6.45) is 2.32. The maximum Gasteiger partial charge on any atom is 0.307 e. The Morgan fingerprint density at radius 3 is 2.71 bits per heavy atom. The third-order valence-corrected chi connectivity index (χ3v) is 7.11. The molecule has 0 saturated heterocycles. The van der Waals surface area contributed by atoms with E-state index in [-0.39, 0.29) is 23.1 Å². The predicted molar refractivity (Wildman–Crippen MR) is 135 cm³/mol. The van der Waals surface area contributed by atoms with Gasteiger partial charge in [-0.1, -0.05) is 35.3 Å². The van der Waals surface area contributed by atoms with Crippen LogP contribution in [0.15, 0.2) is 48.0 Å². The number of carboxylic acids is 1. The van der Waals surface area contributed by atoms with Crippen LogP contribution in [0.25, 0.3) is 32.2 Å². The first-order chi connectivity index (χ1) is 16.3. The molecule has 5 aromatic rings. The summed E-state index contributed by atoms with van der Waals surface area (Å²) < 4.78 is 3.11. The molecule has 0 atom stereocenters. The third kappa shape index (κ3) is 4.00. The van der Waals surface area contributed by atoms with Gasteiger partial charge in [-0.25, -0.2) is 9.97 Å². The molecular formula is C24H16Cl2N4O3S. The van der Waals surface area contributed by atoms with Gasteiger partial charge in [0.05, 0.1) is 17.7 Å². The first kappa shape index (κ1) is 22.3. The smallest absolute Gasteiger partial charge is 0.307 e. The van der Waals surface area contributed by atoms with Crippen molar-refractivity contribution in [1.82, 2.24) is 14.5 Å². The van der Waals surface area contributed by atoms with E-state index >= 15 is 0 Å². The van der Waals surface area contributed by atoms with Crippen LogP contribution in [0.4, 0.5) is 5.95 Å². The van der Waals surface area contributed by atoms with Crippen LogP contribution in [-0.4, -0.2) is 31.9 Å². The summed E-state index contributed by atoms with van der Waals surface area (Å²) in [5.74, 6) is -0.969. The fraction of sp³-hybridized carbons (Fsp3) is 0.0833. The van der Waals surface area contributed by atoms with Crippen molar-refractivity contribution in [3.8, 4) is 11.3 Å². The quantitative estimate of drug-likeness (QED) is 0.224. The Bertz CT molecular complexity index is 1610. The maximum atomic E-state index is 11.7. The summed E-state index contributed by atoms with van der Waals surface area (Å²) in [6.45, 7) is 0.507. The summed E-state index contributed by atoms with van der Waals surface area (Å²) in [5.41, 5.74) is 9.38. The van der Waals surface area contributed by atoms with E-state index in [0.29, 0.717) is 34.7 Å². The number of carboxylic acid groups (broad SMARTS) is 1. The number of nitrogens with zero attached hydrogens (tertiary/aromatic N) is 3. The molecule has 2 aromatic carbocycles. The number of aldehydes is 1. The minimum atomic E-state index is -0.922. The summed E-state index contributed by atoms with van der Waals surface area (Å²) in [5, 5.41) is 14.0. The number of hydrogen-bond acceptors (Lipinski definition) is 6. The lowest BCUT2D eigenvalue weighted by Gasteiger charge is -2.09. The van der Waals surface area contributed by atoms with Crippen LogP contribution < -0.4 is 5.73 Å². The number of carbonyl (C=O) groups is 2. The van der Waals surface area contributed by atoms with Crippen molar-refractivity contribution >= 4 is 73.7 Å². The zero-order valence-corrected chi connectivity index (χ0v) is 19.8. The highest BCUT2D eigenvalue weighted by atomic mass is 35.5. The van der Waals surface area contributed by atoms with Crippen molar-refractivity contribution < 1.29 is 14.7 Å². The molecule has 34 heavy (non-hydrogen) atoms. The molecule has 0 amide bonds. The number of nitrogens with two attached hydrogens (primary N) is 1. The van der Waals surface area contributed by atoms with Crippen LogP contribution >= 0.6 is 34.5 Å². The van der Waals surface area contributed by atoms with Crippen LogP contribution in [0.2, 0.25) is 10.2 Å². The average molecular weight is 511 g/mol. The molecule has 3 aromatic heterocycles. The fourth-order valence-corrected chi connectivity index (χ4v) is 5.42.